The number of hydrogen-bond acceptors (Lipinski definition) is 5. The summed E-state index contributed by atoms with van der Waals surface area (Å²) in [5, 5.41) is 15.7. The average molecular weight is 342 g/mol. The lowest BCUT2D eigenvalue weighted by Gasteiger charge is -2.46. The van der Waals surface area contributed by atoms with E-state index in [1.54, 1.807) is 0 Å². The first kappa shape index (κ1) is 19.6. The molecule has 3 N–H and O–H groups in total. The molecule has 0 unspecified atom stereocenters. The number of carbonyl (C=O) groups excluding carboxylic acids is 1. The molecule has 0 aromatic heterocycles. The van der Waals surface area contributed by atoms with Crippen LogP contribution in [0.5, 0.6) is 0 Å². The fraction of sp³-hybridized carbons (Fsp3) is 0.944. The smallest absolute Gasteiger partial charge is 0.220 e. The van der Waals surface area contributed by atoms with Gasteiger partial charge in [0.05, 0.1) is 25.9 Å². The van der Waals surface area contributed by atoms with E-state index in [1.807, 2.05) is 0 Å². The number of aliphatic hydroxyl groups excluding tert-OH is 1. The van der Waals surface area contributed by atoms with E-state index in [9.17, 15) is 4.79 Å². The zero-order valence-corrected chi connectivity index (χ0v) is 15.6. The maximum atomic E-state index is 12.5. The lowest BCUT2D eigenvalue weighted by atomic mass is 9.74. The number of amides is 1. The Kier molecular flexibility index (Phi) is 6.65. The molecular weight excluding hydrogens is 308 g/mol. The quantitative estimate of drug-likeness (QED) is 0.676. The first-order valence-corrected chi connectivity index (χ1v) is 9.10. The van der Waals surface area contributed by atoms with Crippen molar-refractivity contribution < 1.29 is 19.4 Å². The molecule has 140 valence electrons. The van der Waals surface area contributed by atoms with E-state index in [4.69, 9.17) is 14.6 Å². The minimum atomic E-state index is -0.171. The van der Waals surface area contributed by atoms with Crippen LogP contribution in [0.1, 0.15) is 53.4 Å². The number of aliphatic hydroxyl groups is 1. The van der Waals surface area contributed by atoms with E-state index in [1.165, 1.54) is 0 Å². The molecule has 1 amide bonds. The molecule has 0 bridgehead atoms. The lowest BCUT2D eigenvalue weighted by Crippen LogP contribution is -2.58. The molecule has 2 heterocycles. The molecule has 0 aliphatic carbocycles. The highest BCUT2D eigenvalue weighted by atomic mass is 16.5. The summed E-state index contributed by atoms with van der Waals surface area (Å²) in [5.41, 5.74) is 0.107. The minimum Gasteiger partial charge on any atom is -0.394 e. The number of carbonyl (C=O) groups is 1. The average Bonchev–Trinajstić information content (AvgIpc) is 2.42. The van der Waals surface area contributed by atoms with Crippen LogP contribution in [0.15, 0.2) is 0 Å². The van der Waals surface area contributed by atoms with Crippen molar-refractivity contribution in [3.05, 3.63) is 0 Å². The van der Waals surface area contributed by atoms with Crippen LogP contribution in [-0.2, 0) is 14.3 Å². The standard InChI is InChI=1S/C18H34N2O4/c1-17(2)10-13(11-18(3,4)20-17)9-16(22)19-14-5-7-23-12-15(14)24-8-6-21/h13-15,20-21H,5-12H2,1-4H3,(H,19,22)/t14-,15-/m1/s1. The van der Waals surface area contributed by atoms with Crippen LogP contribution in [0.2, 0.25) is 0 Å². The number of hydrogen-bond donors (Lipinski definition) is 3. The summed E-state index contributed by atoms with van der Waals surface area (Å²) in [6.45, 7) is 10.2. The second kappa shape index (κ2) is 8.13. The topological polar surface area (TPSA) is 79.8 Å². The summed E-state index contributed by atoms with van der Waals surface area (Å²) < 4.78 is 11.0. The molecule has 0 saturated carbocycles. The van der Waals surface area contributed by atoms with Gasteiger partial charge in [-0.1, -0.05) is 0 Å². The van der Waals surface area contributed by atoms with Gasteiger partial charge >= 0.3 is 0 Å². The molecule has 24 heavy (non-hydrogen) atoms. The van der Waals surface area contributed by atoms with Crippen molar-refractivity contribution in [1.29, 1.82) is 0 Å². The monoisotopic (exact) mass is 342 g/mol. The Hall–Kier alpha value is -0.690. The molecule has 2 saturated heterocycles. The predicted molar refractivity (Wildman–Crippen MR) is 92.8 cm³/mol. The minimum absolute atomic E-state index is 0.0175. The van der Waals surface area contributed by atoms with Crippen LogP contribution in [0.25, 0.3) is 0 Å². The van der Waals surface area contributed by atoms with E-state index in [0.29, 0.717) is 25.6 Å². The van der Waals surface area contributed by atoms with Gasteiger partial charge in [-0.2, -0.15) is 0 Å². The molecule has 2 fully saturated rings. The SMILES string of the molecule is CC1(C)CC(CC(=O)N[C@@H]2CCOC[C@H]2OCCO)CC(C)(C)N1. The maximum Gasteiger partial charge on any atom is 0.220 e. The van der Waals surface area contributed by atoms with Gasteiger partial charge in [-0.15, -0.1) is 0 Å². The molecular formula is C18H34N2O4. The van der Waals surface area contributed by atoms with Crippen LogP contribution in [0, 0.1) is 5.92 Å². The molecule has 6 heteroatoms. The van der Waals surface area contributed by atoms with Gasteiger partial charge in [0, 0.05) is 24.1 Å². The van der Waals surface area contributed by atoms with E-state index < -0.39 is 0 Å². The van der Waals surface area contributed by atoms with Crippen molar-refractivity contribution >= 4 is 5.91 Å². The van der Waals surface area contributed by atoms with Crippen LogP contribution in [0.3, 0.4) is 0 Å². The first-order chi connectivity index (χ1) is 11.2. The van der Waals surface area contributed by atoms with Crippen molar-refractivity contribution in [1.82, 2.24) is 10.6 Å². The van der Waals surface area contributed by atoms with Gasteiger partial charge in [-0.05, 0) is 52.9 Å². The van der Waals surface area contributed by atoms with Crippen LogP contribution in [0.4, 0.5) is 0 Å². The van der Waals surface area contributed by atoms with E-state index in [0.717, 1.165) is 19.3 Å². The predicted octanol–water partition coefficient (Wildman–Crippen LogP) is 1.22. The van der Waals surface area contributed by atoms with Gasteiger partial charge in [-0.25, -0.2) is 0 Å². The van der Waals surface area contributed by atoms with Crippen LogP contribution < -0.4 is 10.6 Å². The second-order valence-electron chi connectivity index (χ2n) is 8.54. The van der Waals surface area contributed by atoms with Crippen molar-refractivity contribution in [2.24, 2.45) is 5.92 Å². The Morgan fingerprint density at radius 3 is 2.58 bits per heavy atom. The molecule has 0 spiro atoms. The summed E-state index contributed by atoms with van der Waals surface area (Å²) >= 11 is 0. The van der Waals surface area contributed by atoms with Crippen molar-refractivity contribution in [3.63, 3.8) is 0 Å². The van der Waals surface area contributed by atoms with E-state index >= 15 is 0 Å². The Balaban J connectivity index is 1.87. The number of piperidine rings is 1. The third kappa shape index (κ3) is 5.99. The fourth-order valence-electron chi connectivity index (χ4n) is 4.45. The van der Waals surface area contributed by atoms with Crippen molar-refractivity contribution in [3.8, 4) is 0 Å². The van der Waals surface area contributed by atoms with Crippen molar-refractivity contribution in [2.75, 3.05) is 26.4 Å². The lowest BCUT2D eigenvalue weighted by molar-refractivity contribution is -0.128. The highest BCUT2D eigenvalue weighted by molar-refractivity contribution is 5.76. The molecule has 2 rings (SSSR count). The Bertz CT molecular complexity index is 409. The molecule has 6 nitrogen and oxygen atoms in total. The molecule has 0 aromatic carbocycles. The Labute approximate surface area is 145 Å². The Morgan fingerprint density at radius 1 is 1.29 bits per heavy atom. The zero-order valence-electron chi connectivity index (χ0n) is 15.6. The van der Waals surface area contributed by atoms with Gasteiger partial charge in [-0.3, -0.25) is 4.79 Å². The highest BCUT2D eigenvalue weighted by Crippen LogP contribution is 2.34. The Morgan fingerprint density at radius 2 is 1.96 bits per heavy atom. The largest absolute Gasteiger partial charge is 0.394 e. The summed E-state index contributed by atoms with van der Waals surface area (Å²) in [4.78, 5) is 12.5. The first-order valence-electron chi connectivity index (χ1n) is 9.10. The van der Waals surface area contributed by atoms with Crippen molar-refractivity contribution in [2.45, 2.75) is 76.6 Å². The molecule has 2 atom stereocenters. The van der Waals surface area contributed by atoms with Crippen LogP contribution >= 0.6 is 0 Å². The van der Waals surface area contributed by atoms with E-state index in [2.05, 4.69) is 38.3 Å². The molecule has 2 aliphatic heterocycles. The van der Waals surface area contributed by atoms with Gasteiger partial charge < -0.3 is 25.2 Å². The van der Waals surface area contributed by atoms with Gasteiger partial charge in [0.2, 0.25) is 5.91 Å². The third-order valence-electron chi connectivity index (χ3n) is 4.82. The highest BCUT2D eigenvalue weighted by Gasteiger charge is 2.38. The van der Waals surface area contributed by atoms with Crippen LogP contribution in [-0.4, -0.2) is 60.7 Å². The molecule has 0 aromatic rings. The fourth-order valence-corrected chi connectivity index (χ4v) is 4.45. The maximum absolute atomic E-state index is 12.5. The van der Waals surface area contributed by atoms with Gasteiger partial charge in [0.15, 0.2) is 0 Å². The summed E-state index contributed by atoms with van der Waals surface area (Å²) in [7, 11) is 0. The molecule has 2 aliphatic rings. The van der Waals surface area contributed by atoms with E-state index in [-0.39, 0.29) is 42.3 Å². The summed E-state index contributed by atoms with van der Waals surface area (Å²) in [6, 6.07) is -0.0273. The third-order valence-corrected chi connectivity index (χ3v) is 4.82. The number of rotatable bonds is 6. The summed E-state index contributed by atoms with van der Waals surface area (Å²) in [5.74, 6) is 0.478. The number of ether oxygens (including phenoxy) is 2. The van der Waals surface area contributed by atoms with Gasteiger partial charge in [0.1, 0.15) is 6.10 Å². The van der Waals surface area contributed by atoms with Gasteiger partial charge in [0.25, 0.3) is 0 Å². The summed E-state index contributed by atoms with van der Waals surface area (Å²) in [6.07, 6.45) is 3.14. The molecule has 0 radical (unpaired) electrons. The normalized spacial score (nSPS) is 30.0. The second-order valence-corrected chi connectivity index (χ2v) is 8.54. The zero-order chi connectivity index (χ0) is 17.8. The number of nitrogens with one attached hydrogen (secondary N) is 2.